The van der Waals surface area contributed by atoms with E-state index in [9.17, 15) is 8.42 Å². The summed E-state index contributed by atoms with van der Waals surface area (Å²) in [4.78, 5) is 0. The van der Waals surface area contributed by atoms with Gasteiger partial charge in [0, 0.05) is 5.69 Å². The molecule has 0 atom stereocenters. The van der Waals surface area contributed by atoms with Gasteiger partial charge >= 0.3 is 0 Å². The molecule has 0 bridgehead atoms. The predicted octanol–water partition coefficient (Wildman–Crippen LogP) is 0.930. The van der Waals surface area contributed by atoms with Crippen molar-refractivity contribution in [1.29, 1.82) is 5.26 Å². The van der Waals surface area contributed by atoms with Crippen molar-refractivity contribution < 1.29 is 8.42 Å². The lowest BCUT2D eigenvalue weighted by atomic mass is 10.2. The van der Waals surface area contributed by atoms with Crippen molar-refractivity contribution >= 4 is 15.7 Å². The van der Waals surface area contributed by atoms with Crippen LogP contribution in [0.1, 0.15) is 5.56 Å². The summed E-state index contributed by atoms with van der Waals surface area (Å²) < 4.78 is 23.9. The number of hydrogen-bond donors (Lipinski definition) is 1. The van der Waals surface area contributed by atoms with Gasteiger partial charge in [0.2, 0.25) is 10.0 Å². The first-order valence-electron chi connectivity index (χ1n) is 3.49. The highest BCUT2D eigenvalue weighted by Crippen LogP contribution is 2.10. The van der Waals surface area contributed by atoms with Crippen LogP contribution in [-0.2, 0) is 10.0 Å². The van der Waals surface area contributed by atoms with Gasteiger partial charge in [0.05, 0.1) is 17.9 Å². The number of hydrogen-bond acceptors (Lipinski definition) is 3. The molecule has 0 saturated carbocycles. The largest absolute Gasteiger partial charge is 0.284 e. The highest BCUT2D eigenvalue weighted by Gasteiger charge is 2.01. The Kier molecular flexibility index (Phi) is 2.54. The smallest absolute Gasteiger partial charge is 0.229 e. The van der Waals surface area contributed by atoms with E-state index in [1.165, 1.54) is 6.07 Å². The zero-order valence-electron chi connectivity index (χ0n) is 6.98. The second-order valence-corrected chi connectivity index (χ2v) is 4.32. The Labute approximate surface area is 76.9 Å². The van der Waals surface area contributed by atoms with Crippen LogP contribution in [0.4, 0.5) is 5.69 Å². The second-order valence-electron chi connectivity index (χ2n) is 2.57. The van der Waals surface area contributed by atoms with Gasteiger partial charge in [0.25, 0.3) is 0 Å². The van der Waals surface area contributed by atoms with Crippen LogP contribution in [0.5, 0.6) is 0 Å². The van der Waals surface area contributed by atoms with Gasteiger partial charge in [-0.1, -0.05) is 6.07 Å². The molecular formula is C8H8N2O2S. The molecule has 0 radical (unpaired) electrons. The third-order valence-corrected chi connectivity index (χ3v) is 1.90. The van der Waals surface area contributed by atoms with Crippen LogP contribution in [-0.4, -0.2) is 14.7 Å². The molecule has 0 aliphatic rings. The second kappa shape index (κ2) is 3.46. The molecule has 0 unspecified atom stereocenters. The summed E-state index contributed by atoms with van der Waals surface area (Å²) in [5.74, 6) is 0. The molecule has 0 fully saturated rings. The number of anilines is 1. The van der Waals surface area contributed by atoms with Crippen molar-refractivity contribution in [1.82, 2.24) is 0 Å². The monoisotopic (exact) mass is 196 g/mol. The van der Waals surface area contributed by atoms with Crippen LogP contribution in [0.3, 0.4) is 0 Å². The quantitative estimate of drug-likeness (QED) is 0.764. The fourth-order valence-electron chi connectivity index (χ4n) is 0.866. The number of nitriles is 1. The highest BCUT2D eigenvalue weighted by atomic mass is 32.2. The first kappa shape index (κ1) is 9.55. The van der Waals surface area contributed by atoms with Gasteiger partial charge in [0.1, 0.15) is 0 Å². The fourth-order valence-corrected chi connectivity index (χ4v) is 1.42. The van der Waals surface area contributed by atoms with Gasteiger partial charge in [0.15, 0.2) is 0 Å². The minimum atomic E-state index is -3.26. The number of benzene rings is 1. The fraction of sp³-hybridized carbons (Fsp3) is 0.125. The minimum Gasteiger partial charge on any atom is -0.284 e. The average molecular weight is 196 g/mol. The predicted molar refractivity (Wildman–Crippen MR) is 49.6 cm³/mol. The van der Waals surface area contributed by atoms with Gasteiger partial charge in [-0.25, -0.2) is 8.42 Å². The highest BCUT2D eigenvalue weighted by molar-refractivity contribution is 7.92. The SMILES string of the molecule is CS(=O)(=O)Nc1cccc(C#N)c1. The van der Waals surface area contributed by atoms with Crippen molar-refractivity contribution in [3.8, 4) is 6.07 Å². The summed E-state index contributed by atoms with van der Waals surface area (Å²) in [6.45, 7) is 0. The molecule has 1 rings (SSSR count). The molecule has 13 heavy (non-hydrogen) atoms. The van der Waals surface area contributed by atoms with E-state index in [1.807, 2.05) is 6.07 Å². The molecule has 0 saturated heterocycles. The van der Waals surface area contributed by atoms with E-state index in [1.54, 1.807) is 18.2 Å². The lowest BCUT2D eigenvalue weighted by Crippen LogP contribution is -2.09. The van der Waals surface area contributed by atoms with Gasteiger partial charge in [-0.3, -0.25) is 4.72 Å². The lowest BCUT2D eigenvalue weighted by Gasteiger charge is -2.02. The molecule has 0 aliphatic heterocycles. The van der Waals surface area contributed by atoms with E-state index in [-0.39, 0.29) is 0 Å². The molecule has 1 aromatic rings. The lowest BCUT2D eigenvalue weighted by molar-refractivity contribution is 0.607. The van der Waals surface area contributed by atoms with Crippen LogP contribution in [0.25, 0.3) is 0 Å². The Hall–Kier alpha value is -1.54. The molecule has 1 aromatic carbocycles. The van der Waals surface area contributed by atoms with Gasteiger partial charge in [-0.2, -0.15) is 5.26 Å². The van der Waals surface area contributed by atoms with Gasteiger partial charge < -0.3 is 0 Å². The first-order chi connectivity index (χ1) is 6.01. The van der Waals surface area contributed by atoms with Crippen molar-refractivity contribution in [3.63, 3.8) is 0 Å². The number of nitrogens with zero attached hydrogens (tertiary/aromatic N) is 1. The van der Waals surface area contributed by atoms with Crippen molar-refractivity contribution in [2.45, 2.75) is 0 Å². The standard InChI is InChI=1S/C8H8N2O2S/c1-13(11,12)10-8-4-2-3-7(5-8)6-9/h2-5,10H,1H3. The Bertz CT molecular complexity index is 445. The van der Waals surface area contributed by atoms with Crippen molar-refractivity contribution in [2.75, 3.05) is 11.0 Å². The van der Waals surface area contributed by atoms with Crippen LogP contribution in [0.15, 0.2) is 24.3 Å². The Balaban J connectivity index is 2.99. The average Bonchev–Trinajstić information content (AvgIpc) is 2.01. The molecule has 5 heteroatoms. The number of rotatable bonds is 2. The zero-order valence-corrected chi connectivity index (χ0v) is 7.80. The number of sulfonamides is 1. The van der Waals surface area contributed by atoms with E-state index in [2.05, 4.69) is 4.72 Å². The molecular weight excluding hydrogens is 188 g/mol. The maximum absolute atomic E-state index is 10.8. The molecule has 0 aromatic heterocycles. The van der Waals surface area contributed by atoms with E-state index in [4.69, 9.17) is 5.26 Å². The van der Waals surface area contributed by atoms with E-state index < -0.39 is 10.0 Å². The Morgan fingerprint density at radius 2 is 2.15 bits per heavy atom. The maximum atomic E-state index is 10.8. The van der Waals surface area contributed by atoms with Gasteiger partial charge in [-0.05, 0) is 18.2 Å². The summed E-state index contributed by atoms with van der Waals surface area (Å²) in [6, 6.07) is 8.20. The summed E-state index contributed by atoms with van der Waals surface area (Å²) in [5, 5.41) is 8.53. The minimum absolute atomic E-state index is 0.404. The molecule has 68 valence electrons. The molecule has 0 spiro atoms. The summed E-state index contributed by atoms with van der Waals surface area (Å²) in [5.41, 5.74) is 0.829. The molecule has 0 aliphatic carbocycles. The summed E-state index contributed by atoms with van der Waals surface area (Å²) in [7, 11) is -3.26. The molecule has 4 nitrogen and oxygen atoms in total. The summed E-state index contributed by atoms with van der Waals surface area (Å²) >= 11 is 0. The third kappa shape index (κ3) is 3.13. The molecule has 0 amide bonds. The van der Waals surface area contributed by atoms with Crippen molar-refractivity contribution in [3.05, 3.63) is 29.8 Å². The topological polar surface area (TPSA) is 70.0 Å². The third-order valence-electron chi connectivity index (χ3n) is 1.29. The number of nitrogens with one attached hydrogen (secondary N) is 1. The van der Waals surface area contributed by atoms with Crippen LogP contribution < -0.4 is 4.72 Å². The van der Waals surface area contributed by atoms with E-state index >= 15 is 0 Å². The van der Waals surface area contributed by atoms with Crippen LogP contribution in [0.2, 0.25) is 0 Å². The normalized spacial score (nSPS) is 10.5. The summed E-state index contributed by atoms with van der Waals surface area (Å²) in [6.07, 6.45) is 1.06. The van der Waals surface area contributed by atoms with E-state index in [0.717, 1.165) is 6.26 Å². The van der Waals surface area contributed by atoms with Crippen LogP contribution in [0, 0.1) is 11.3 Å². The van der Waals surface area contributed by atoms with E-state index in [0.29, 0.717) is 11.3 Å². The Morgan fingerprint density at radius 3 is 2.69 bits per heavy atom. The molecule has 0 heterocycles. The zero-order chi connectivity index (χ0) is 9.90. The van der Waals surface area contributed by atoms with Crippen molar-refractivity contribution in [2.24, 2.45) is 0 Å². The Morgan fingerprint density at radius 1 is 1.46 bits per heavy atom. The van der Waals surface area contributed by atoms with Gasteiger partial charge in [-0.15, -0.1) is 0 Å². The van der Waals surface area contributed by atoms with Crippen LogP contribution >= 0.6 is 0 Å². The maximum Gasteiger partial charge on any atom is 0.229 e. The molecule has 1 N–H and O–H groups in total. The first-order valence-corrected chi connectivity index (χ1v) is 5.38.